The maximum Gasteiger partial charge on any atom is 0.251 e. The molecular weight excluding hydrogens is 460 g/mol. The number of rotatable bonds is 6. The van der Waals surface area contributed by atoms with E-state index in [0.29, 0.717) is 18.7 Å². The third-order valence-electron chi connectivity index (χ3n) is 7.23. The molecule has 2 aliphatic rings. The van der Waals surface area contributed by atoms with Crippen LogP contribution >= 0.6 is 0 Å². The molecule has 8 heteroatoms. The van der Waals surface area contributed by atoms with E-state index in [1.54, 1.807) is 16.4 Å². The number of aromatic nitrogens is 2. The van der Waals surface area contributed by atoms with Crippen molar-refractivity contribution in [3.05, 3.63) is 76.6 Å². The number of nitrogens with zero attached hydrogens (tertiary/aromatic N) is 3. The van der Waals surface area contributed by atoms with Crippen LogP contribution in [-0.4, -0.2) is 41.0 Å². The molecule has 1 fully saturated rings. The van der Waals surface area contributed by atoms with Crippen molar-refractivity contribution in [3.63, 3.8) is 0 Å². The molecular formula is C27H32N4O3S. The second-order valence-corrected chi connectivity index (χ2v) is 11.5. The summed E-state index contributed by atoms with van der Waals surface area (Å²) in [5.41, 5.74) is 5.44. The average Bonchev–Trinajstić information content (AvgIpc) is 3.47. The van der Waals surface area contributed by atoms with Gasteiger partial charge < -0.3 is 5.32 Å². The van der Waals surface area contributed by atoms with Gasteiger partial charge in [-0.15, -0.1) is 0 Å². The Labute approximate surface area is 207 Å². The molecule has 3 aromatic rings. The van der Waals surface area contributed by atoms with E-state index in [4.69, 9.17) is 5.10 Å². The van der Waals surface area contributed by atoms with Gasteiger partial charge in [0.15, 0.2) is 0 Å². The van der Waals surface area contributed by atoms with Gasteiger partial charge in [-0.25, -0.2) is 13.1 Å². The average molecular weight is 493 g/mol. The van der Waals surface area contributed by atoms with Crippen LogP contribution in [0.2, 0.25) is 0 Å². The third-order valence-corrected chi connectivity index (χ3v) is 9.24. The number of hydrogen-bond donors (Lipinski definition) is 1. The smallest absolute Gasteiger partial charge is 0.251 e. The highest BCUT2D eigenvalue weighted by molar-refractivity contribution is 7.89. The third kappa shape index (κ3) is 4.52. The molecule has 1 aliphatic heterocycles. The van der Waals surface area contributed by atoms with Crippen LogP contribution < -0.4 is 5.32 Å². The van der Waals surface area contributed by atoms with Gasteiger partial charge in [-0.2, -0.15) is 9.40 Å². The molecule has 35 heavy (non-hydrogen) atoms. The number of piperidine rings is 1. The van der Waals surface area contributed by atoms with Crippen molar-refractivity contribution in [1.29, 1.82) is 0 Å². The van der Waals surface area contributed by atoms with E-state index in [1.165, 1.54) is 17.3 Å². The van der Waals surface area contributed by atoms with Gasteiger partial charge in [0, 0.05) is 23.8 Å². The van der Waals surface area contributed by atoms with Crippen molar-refractivity contribution in [3.8, 4) is 5.69 Å². The van der Waals surface area contributed by atoms with Gasteiger partial charge in [-0.1, -0.05) is 30.7 Å². The largest absolute Gasteiger partial charge is 0.346 e. The minimum absolute atomic E-state index is 0.0332. The Morgan fingerprint density at radius 2 is 1.89 bits per heavy atom. The lowest BCUT2D eigenvalue weighted by Gasteiger charge is -2.32. The summed E-state index contributed by atoms with van der Waals surface area (Å²) in [6.45, 7) is 4.61. The normalized spacial score (nSPS) is 18.4. The molecule has 1 N–H and O–H groups in total. The molecule has 1 amide bonds. The van der Waals surface area contributed by atoms with Crippen LogP contribution in [0.1, 0.15) is 65.5 Å². The second-order valence-electron chi connectivity index (χ2n) is 9.59. The SMILES string of the molecule is Cc1ccc(S(=O)(=O)N2CCCC[C@H]2C)cc1C(=O)NCc1nn(-c2ccccc2)c2c1CCC2. The molecule has 0 saturated carbocycles. The molecule has 1 aromatic heterocycles. The van der Waals surface area contributed by atoms with Gasteiger partial charge in [0.1, 0.15) is 0 Å². The lowest BCUT2D eigenvalue weighted by Crippen LogP contribution is -2.42. The Morgan fingerprint density at radius 1 is 1.09 bits per heavy atom. The van der Waals surface area contributed by atoms with E-state index in [1.807, 2.05) is 48.9 Å². The number of para-hydroxylation sites is 1. The van der Waals surface area contributed by atoms with Gasteiger partial charge in [0.25, 0.3) is 5.91 Å². The minimum Gasteiger partial charge on any atom is -0.346 e. The van der Waals surface area contributed by atoms with Crippen LogP contribution in [0, 0.1) is 6.92 Å². The summed E-state index contributed by atoms with van der Waals surface area (Å²) in [6.07, 6.45) is 5.77. The standard InChI is InChI=1S/C27H32N4O3S/c1-19-14-15-22(35(33,34)30-16-7-6-9-20(30)2)17-24(19)27(32)28-18-25-23-12-8-13-26(23)31(29-25)21-10-4-3-5-11-21/h3-5,10-11,14-15,17,20H,6-9,12-13,16,18H2,1-2H3,(H,28,32)/t20-/m1/s1. The van der Waals surface area contributed by atoms with Gasteiger partial charge in [0.2, 0.25) is 10.0 Å². The molecule has 1 atom stereocenters. The summed E-state index contributed by atoms with van der Waals surface area (Å²) >= 11 is 0. The number of hydrogen-bond acceptors (Lipinski definition) is 4. The Hall–Kier alpha value is -2.97. The summed E-state index contributed by atoms with van der Waals surface area (Å²) in [6, 6.07) is 14.9. The summed E-state index contributed by atoms with van der Waals surface area (Å²) in [5, 5.41) is 7.81. The van der Waals surface area contributed by atoms with Crippen molar-refractivity contribution >= 4 is 15.9 Å². The number of sulfonamides is 1. The molecule has 2 heterocycles. The monoisotopic (exact) mass is 492 g/mol. The lowest BCUT2D eigenvalue weighted by molar-refractivity contribution is 0.0949. The van der Waals surface area contributed by atoms with Crippen LogP contribution in [0.3, 0.4) is 0 Å². The van der Waals surface area contributed by atoms with E-state index in [0.717, 1.165) is 55.5 Å². The van der Waals surface area contributed by atoms with E-state index in [-0.39, 0.29) is 16.8 Å². The van der Waals surface area contributed by atoms with Crippen LogP contribution in [0.5, 0.6) is 0 Å². The molecule has 0 bridgehead atoms. The number of carbonyl (C=O) groups is 1. The summed E-state index contributed by atoms with van der Waals surface area (Å²) in [5.74, 6) is -0.285. The highest BCUT2D eigenvalue weighted by Gasteiger charge is 2.31. The van der Waals surface area contributed by atoms with Crippen molar-refractivity contribution in [2.45, 2.75) is 69.9 Å². The molecule has 7 nitrogen and oxygen atoms in total. The number of amides is 1. The van der Waals surface area contributed by atoms with Crippen molar-refractivity contribution in [2.75, 3.05) is 6.54 Å². The molecule has 2 aromatic carbocycles. The van der Waals surface area contributed by atoms with Crippen molar-refractivity contribution in [2.24, 2.45) is 0 Å². The van der Waals surface area contributed by atoms with Crippen molar-refractivity contribution < 1.29 is 13.2 Å². The summed E-state index contributed by atoms with van der Waals surface area (Å²) in [7, 11) is -3.65. The molecule has 0 radical (unpaired) electrons. The van der Waals surface area contributed by atoms with Crippen molar-refractivity contribution in [1.82, 2.24) is 19.4 Å². The first kappa shape index (κ1) is 23.8. The molecule has 184 valence electrons. The van der Waals surface area contributed by atoms with E-state index < -0.39 is 10.0 Å². The molecule has 1 saturated heterocycles. The summed E-state index contributed by atoms with van der Waals surface area (Å²) < 4.78 is 30.2. The van der Waals surface area contributed by atoms with Crippen LogP contribution in [0.15, 0.2) is 53.4 Å². The van der Waals surface area contributed by atoms with Crippen LogP contribution in [0.25, 0.3) is 5.69 Å². The predicted molar refractivity (Wildman–Crippen MR) is 135 cm³/mol. The molecule has 5 rings (SSSR count). The fourth-order valence-corrected chi connectivity index (χ4v) is 6.99. The molecule has 0 spiro atoms. The number of fused-ring (bicyclic) bond motifs is 1. The van der Waals surface area contributed by atoms with Crippen LogP contribution in [0.4, 0.5) is 0 Å². The Kier molecular flexibility index (Phi) is 6.51. The Balaban J connectivity index is 1.37. The first-order valence-corrected chi connectivity index (χ1v) is 13.9. The lowest BCUT2D eigenvalue weighted by atomic mass is 10.1. The predicted octanol–water partition coefficient (Wildman–Crippen LogP) is 4.16. The van der Waals surface area contributed by atoms with E-state index >= 15 is 0 Å². The maximum atomic E-state index is 13.3. The summed E-state index contributed by atoms with van der Waals surface area (Å²) in [4.78, 5) is 13.4. The molecule has 1 aliphatic carbocycles. The zero-order chi connectivity index (χ0) is 24.6. The number of nitrogens with one attached hydrogen (secondary N) is 1. The highest BCUT2D eigenvalue weighted by Crippen LogP contribution is 2.29. The maximum absolute atomic E-state index is 13.3. The highest BCUT2D eigenvalue weighted by atomic mass is 32.2. The first-order chi connectivity index (χ1) is 16.9. The fourth-order valence-electron chi connectivity index (χ4n) is 5.27. The number of aryl methyl sites for hydroxylation is 1. The zero-order valence-electron chi connectivity index (χ0n) is 20.3. The Morgan fingerprint density at radius 3 is 2.66 bits per heavy atom. The molecule has 0 unspecified atom stereocenters. The quantitative estimate of drug-likeness (QED) is 0.560. The number of benzene rings is 2. The first-order valence-electron chi connectivity index (χ1n) is 12.4. The Bertz CT molecular complexity index is 1350. The zero-order valence-corrected chi connectivity index (χ0v) is 21.1. The van der Waals surface area contributed by atoms with Gasteiger partial charge in [-0.05, 0) is 81.3 Å². The van der Waals surface area contributed by atoms with Gasteiger partial charge >= 0.3 is 0 Å². The minimum atomic E-state index is -3.65. The van der Waals surface area contributed by atoms with E-state index in [9.17, 15) is 13.2 Å². The van der Waals surface area contributed by atoms with E-state index in [2.05, 4.69) is 5.32 Å². The fraction of sp³-hybridized carbons (Fsp3) is 0.407. The second kappa shape index (κ2) is 9.59. The van der Waals surface area contributed by atoms with Crippen LogP contribution in [-0.2, 0) is 29.4 Å². The van der Waals surface area contributed by atoms with Gasteiger partial charge in [-0.3, -0.25) is 4.79 Å². The van der Waals surface area contributed by atoms with Gasteiger partial charge in [0.05, 0.1) is 22.8 Å². The topological polar surface area (TPSA) is 84.3 Å². The number of carbonyl (C=O) groups excluding carboxylic acids is 1.